The second-order valence-electron chi connectivity index (χ2n) is 4.77. The van der Waals surface area contributed by atoms with Gasteiger partial charge in [-0.1, -0.05) is 6.42 Å². The lowest BCUT2D eigenvalue weighted by Gasteiger charge is -2.15. The van der Waals surface area contributed by atoms with Gasteiger partial charge in [0.05, 0.1) is 17.4 Å². The van der Waals surface area contributed by atoms with Crippen molar-refractivity contribution in [3.8, 4) is 0 Å². The van der Waals surface area contributed by atoms with Crippen molar-refractivity contribution >= 4 is 11.8 Å². The zero-order chi connectivity index (χ0) is 13.1. The number of aryl methyl sites for hydroxylation is 1. The standard InChI is InChI=1S/C13H18N2O3/c1-8-10(13(17)18)5-6-12(15-8)14-7-9-3-2-4-11(9)16/h5-6,9,11,16H,2-4,7H2,1H3,(H,14,15)(H,17,18). The maximum atomic E-state index is 10.8. The van der Waals surface area contributed by atoms with Crippen LogP contribution in [0.2, 0.25) is 0 Å². The number of aromatic nitrogens is 1. The molecule has 2 atom stereocenters. The Morgan fingerprint density at radius 3 is 2.83 bits per heavy atom. The van der Waals surface area contributed by atoms with Crippen molar-refractivity contribution < 1.29 is 15.0 Å². The molecule has 2 unspecified atom stereocenters. The molecule has 1 aliphatic carbocycles. The number of aromatic carboxylic acids is 1. The molecule has 0 saturated heterocycles. The van der Waals surface area contributed by atoms with Gasteiger partial charge < -0.3 is 15.5 Å². The van der Waals surface area contributed by atoms with Crippen LogP contribution in [0.1, 0.15) is 35.3 Å². The lowest BCUT2D eigenvalue weighted by molar-refractivity contribution is 0.0695. The van der Waals surface area contributed by atoms with E-state index >= 15 is 0 Å². The van der Waals surface area contributed by atoms with Gasteiger partial charge in [0.15, 0.2) is 0 Å². The number of hydrogen-bond acceptors (Lipinski definition) is 4. The quantitative estimate of drug-likeness (QED) is 0.757. The lowest BCUT2D eigenvalue weighted by Crippen LogP contribution is -2.22. The SMILES string of the molecule is Cc1nc(NCC2CCCC2O)ccc1C(=O)O. The van der Waals surface area contributed by atoms with Gasteiger partial charge in [0, 0.05) is 12.5 Å². The highest BCUT2D eigenvalue weighted by Crippen LogP contribution is 2.25. The fraction of sp³-hybridized carbons (Fsp3) is 0.538. The van der Waals surface area contributed by atoms with Crippen molar-refractivity contribution in [3.63, 3.8) is 0 Å². The van der Waals surface area contributed by atoms with Crippen LogP contribution in [0.5, 0.6) is 0 Å². The molecule has 0 amide bonds. The molecule has 0 aromatic carbocycles. The molecule has 18 heavy (non-hydrogen) atoms. The number of rotatable bonds is 4. The molecule has 0 aliphatic heterocycles. The fourth-order valence-corrected chi connectivity index (χ4v) is 2.38. The van der Waals surface area contributed by atoms with Crippen molar-refractivity contribution in [3.05, 3.63) is 23.4 Å². The van der Waals surface area contributed by atoms with Gasteiger partial charge in [-0.3, -0.25) is 0 Å². The maximum Gasteiger partial charge on any atom is 0.337 e. The highest BCUT2D eigenvalue weighted by molar-refractivity contribution is 5.89. The smallest absolute Gasteiger partial charge is 0.337 e. The molecule has 3 N–H and O–H groups in total. The van der Waals surface area contributed by atoms with Gasteiger partial charge in [0.1, 0.15) is 5.82 Å². The number of aliphatic hydroxyl groups is 1. The third-order valence-electron chi connectivity index (χ3n) is 3.48. The van der Waals surface area contributed by atoms with E-state index in [1.165, 1.54) is 0 Å². The van der Waals surface area contributed by atoms with Crippen molar-refractivity contribution in [2.75, 3.05) is 11.9 Å². The molecule has 0 spiro atoms. The number of pyridine rings is 1. The molecule has 0 bridgehead atoms. The number of anilines is 1. The Hall–Kier alpha value is -1.62. The van der Waals surface area contributed by atoms with E-state index in [4.69, 9.17) is 5.11 Å². The average molecular weight is 250 g/mol. The Kier molecular flexibility index (Phi) is 3.81. The van der Waals surface area contributed by atoms with E-state index < -0.39 is 5.97 Å². The summed E-state index contributed by atoms with van der Waals surface area (Å²) < 4.78 is 0. The van der Waals surface area contributed by atoms with E-state index in [0.717, 1.165) is 19.3 Å². The molecular formula is C13H18N2O3. The molecule has 5 nitrogen and oxygen atoms in total. The van der Waals surface area contributed by atoms with E-state index in [-0.39, 0.29) is 17.6 Å². The minimum Gasteiger partial charge on any atom is -0.478 e. The number of nitrogens with one attached hydrogen (secondary N) is 1. The highest BCUT2D eigenvalue weighted by atomic mass is 16.4. The maximum absolute atomic E-state index is 10.8. The predicted octanol–water partition coefficient (Wildman–Crippen LogP) is 1.66. The summed E-state index contributed by atoms with van der Waals surface area (Å²) in [6.45, 7) is 2.36. The van der Waals surface area contributed by atoms with E-state index in [1.54, 1.807) is 19.1 Å². The fourth-order valence-electron chi connectivity index (χ4n) is 2.38. The third-order valence-corrected chi connectivity index (χ3v) is 3.48. The van der Waals surface area contributed by atoms with E-state index in [2.05, 4.69) is 10.3 Å². The van der Waals surface area contributed by atoms with Gasteiger partial charge in [0.25, 0.3) is 0 Å². The first-order chi connectivity index (χ1) is 8.58. The summed E-state index contributed by atoms with van der Waals surface area (Å²) in [5, 5.41) is 21.8. The molecule has 1 fully saturated rings. The minimum absolute atomic E-state index is 0.224. The molecule has 1 aromatic heterocycles. The zero-order valence-corrected chi connectivity index (χ0v) is 10.4. The summed E-state index contributed by atoms with van der Waals surface area (Å²) in [6, 6.07) is 3.22. The number of hydrogen-bond donors (Lipinski definition) is 3. The average Bonchev–Trinajstić information content (AvgIpc) is 2.72. The Morgan fingerprint density at radius 1 is 1.50 bits per heavy atom. The summed E-state index contributed by atoms with van der Waals surface area (Å²) >= 11 is 0. The Labute approximate surface area is 106 Å². The van der Waals surface area contributed by atoms with Crippen LogP contribution in [0.3, 0.4) is 0 Å². The highest BCUT2D eigenvalue weighted by Gasteiger charge is 2.24. The van der Waals surface area contributed by atoms with Crippen molar-refractivity contribution in [1.29, 1.82) is 0 Å². The van der Waals surface area contributed by atoms with Crippen LogP contribution < -0.4 is 5.32 Å². The van der Waals surface area contributed by atoms with Crippen LogP contribution in [-0.4, -0.2) is 33.8 Å². The molecule has 98 valence electrons. The number of carboxylic acid groups (broad SMARTS) is 1. The number of carboxylic acids is 1. The molecule has 0 radical (unpaired) electrons. The molecule has 1 heterocycles. The lowest BCUT2D eigenvalue weighted by atomic mass is 10.1. The molecular weight excluding hydrogens is 232 g/mol. The van der Waals surface area contributed by atoms with E-state index in [1.807, 2.05) is 0 Å². The van der Waals surface area contributed by atoms with Crippen LogP contribution >= 0.6 is 0 Å². The van der Waals surface area contributed by atoms with Crippen molar-refractivity contribution in [1.82, 2.24) is 4.98 Å². The first-order valence-corrected chi connectivity index (χ1v) is 6.21. The first kappa shape index (κ1) is 12.8. The van der Waals surface area contributed by atoms with Crippen LogP contribution in [-0.2, 0) is 0 Å². The molecule has 1 saturated carbocycles. The second kappa shape index (κ2) is 5.35. The third kappa shape index (κ3) is 2.79. The predicted molar refractivity (Wildman–Crippen MR) is 67.8 cm³/mol. The monoisotopic (exact) mass is 250 g/mol. The van der Waals surface area contributed by atoms with Gasteiger partial charge in [0.2, 0.25) is 0 Å². The topological polar surface area (TPSA) is 82.5 Å². The molecule has 2 rings (SSSR count). The van der Waals surface area contributed by atoms with Gasteiger partial charge in [-0.25, -0.2) is 9.78 Å². The van der Waals surface area contributed by atoms with Gasteiger partial charge in [-0.15, -0.1) is 0 Å². The van der Waals surface area contributed by atoms with E-state index in [0.29, 0.717) is 18.1 Å². The Bertz CT molecular complexity index is 448. The molecule has 1 aromatic rings. The largest absolute Gasteiger partial charge is 0.478 e. The second-order valence-corrected chi connectivity index (χ2v) is 4.77. The first-order valence-electron chi connectivity index (χ1n) is 6.21. The summed E-state index contributed by atoms with van der Waals surface area (Å²) in [4.78, 5) is 15.1. The Morgan fingerprint density at radius 2 is 2.28 bits per heavy atom. The van der Waals surface area contributed by atoms with Crippen molar-refractivity contribution in [2.24, 2.45) is 5.92 Å². The number of nitrogens with zero attached hydrogens (tertiary/aromatic N) is 1. The molecule has 5 heteroatoms. The van der Waals surface area contributed by atoms with Gasteiger partial charge >= 0.3 is 5.97 Å². The summed E-state index contributed by atoms with van der Waals surface area (Å²) in [5.74, 6) is -0.0272. The van der Waals surface area contributed by atoms with Crippen LogP contribution in [0.25, 0.3) is 0 Å². The minimum atomic E-state index is -0.960. The van der Waals surface area contributed by atoms with E-state index in [9.17, 15) is 9.90 Å². The van der Waals surface area contributed by atoms with Crippen molar-refractivity contribution in [2.45, 2.75) is 32.3 Å². The van der Waals surface area contributed by atoms with Crippen LogP contribution in [0, 0.1) is 12.8 Å². The summed E-state index contributed by atoms with van der Waals surface area (Å²) in [7, 11) is 0. The molecule has 1 aliphatic rings. The normalized spacial score (nSPS) is 23.0. The number of carbonyl (C=O) groups is 1. The summed E-state index contributed by atoms with van der Waals surface area (Å²) in [5.41, 5.74) is 0.723. The Balaban J connectivity index is 1.98. The van der Waals surface area contributed by atoms with Crippen LogP contribution in [0.15, 0.2) is 12.1 Å². The zero-order valence-electron chi connectivity index (χ0n) is 10.4. The number of aliphatic hydroxyl groups excluding tert-OH is 1. The van der Waals surface area contributed by atoms with Gasteiger partial charge in [-0.05, 0) is 31.9 Å². The summed E-state index contributed by atoms with van der Waals surface area (Å²) in [6.07, 6.45) is 2.74. The van der Waals surface area contributed by atoms with Gasteiger partial charge in [-0.2, -0.15) is 0 Å². The van der Waals surface area contributed by atoms with Crippen LogP contribution in [0.4, 0.5) is 5.82 Å².